The van der Waals surface area contributed by atoms with E-state index >= 15 is 0 Å². The highest BCUT2D eigenvalue weighted by atomic mass is 79.9. The molecule has 1 aromatic rings. The molecule has 3 rings (SSSR count). The van der Waals surface area contributed by atoms with Gasteiger partial charge in [-0.15, -0.1) is 0 Å². The van der Waals surface area contributed by atoms with Crippen molar-refractivity contribution in [2.24, 2.45) is 0 Å². The van der Waals surface area contributed by atoms with Crippen molar-refractivity contribution >= 4 is 21.8 Å². The first-order chi connectivity index (χ1) is 11.7. The van der Waals surface area contributed by atoms with Crippen LogP contribution in [0.15, 0.2) is 28.7 Å². The second-order valence-electron chi connectivity index (χ2n) is 7.00. The van der Waals surface area contributed by atoms with Crippen LogP contribution in [0, 0.1) is 0 Å². The van der Waals surface area contributed by atoms with E-state index in [-0.39, 0.29) is 11.3 Å². The Kier molecular flexibility index (Phi) is 6.31. The zero-order valence-corrected chi connectivity index (χ0v) is 15.9. The van der Waals surface area contributed by atoms with Crippen LogP contribution in [0.2, 0.25) is 0 Å². The minimum Gasteiger partial charge on any atom is -0.355 e. The molecule has 1 aliphatic heterocycles. The molecule has 2 aliphatic rings. The molecule has 0 aromatic heterocycles. The number of hydrogen-bond acceptors (Lipinski definition) is 3. The minimum absolute atomic E-state index is 0.225. The maximum atomic E-state index is 13.0. The second kappa shape index (κ2) is 8.45. The summed E-state index contributed by atoms with van der Waals surface area (Å²) in [5.74, 6) is 0.225. The van der Waals surface area contributed by atoms with Gasteiger partial charge in [-0.3, -0.25) is 4.79 Å². The molecule has 0 unspecified atom stereocenters. The third kappa shape index (κ3) is 4.19. The Morgan fingerprint density at radius 3 is 2.50 bits per heavy atom. The van der Waals surface area contributed by atoms with Gasteiger partial charge >= 0.3 is 0 Å². The van der Waals surface area contributed by atoms with E-state index in [1.165, 1.54) is 5.56 Å². The number of hydrogen-bond donors (Lipinski definition) is 2. The molecule has 1 aliphatic carbocycles. The number of halogens is 1. The predicted molar refractivity (Wildman–Crippen MR) is 101 cm³/mol. The Labute approximate surface area is 153 Å². The molecular weight excluding hydrogens is 366 g/mol. The smallest absolute Gasteiger partial charge is 0.230 e. The molecule has 5 heteroatoms. The van der Waals surface area contributed by atoms with Crippen LogP contribution in [0.1, 0.15) is 37.7 Å². The number of piperazine rings is 1. The van der Waals surface area contributed by atoms with E-state index in [0.717, 1.165) is 75.8 Å². The van der Waals surface area contributed by atoms with Gasteiger partial charge in [-0.05, 0) is 43.5 Å². The molecular formula is C19H28BrN3O. The number of carbonyl (C=O) groups is 1. The maximum Gasteiger partial charge on any atom is 0.230 e. The molecule has 2 fully saturated rings. The van der Waals surface area contributed by atoms with Crippen molar-refractivity contribution in [1.82, 2.24) is 15.5 Å². The lowest BCUT2D eigenvalue weighted by Gasteiger charge is -2.29. The Hall–Kier alpha value is -0.910. The first kappa shape index (κ1) is 17.9. The second-order valence-corrected chi connectivity index (χ2v) is 7.91. The van der Waals surface area contributed by atoms with Crippen molar-refractivity contribution in [3.05, 3.63) is 34.3 Å². The third-order valence-corrected chi connectivity index (χ3v) is 5.96. The highest BCUT2D eigenvalue weighted by molar-refractivity contribution is 9.10. The first-order valence-electron chi connectivity index (χ1n) is 9.18. The molecule has 1 amide bonds. The van der Waals surface area contributed by atoms with Crippen molar-refractivity contribution in [1.29, 1.82) is 0 Å². The van der Waals surface area contributed by atoms with Crippen LogP contribution in [0.3, 0.4) is 0 Å². The number of benzene rings is 1. The number of nitrogens with zero attached hydrogens (tertiary/aromatic N) is 1. The van der Waals surface area contributed by atoms with E-state index in [1.807, 2.05) is 12.1 Å². The fraction of sp³-hybridized carbons (Fsp3) is 0.632. The molecule has 0 radical (unpaired) electrons. The Morgan fingerprint density at radius 1 is 1.17 bits per heavy atom. The minimum atomic E-state index is -0.310. The van der Waals surface area contributed by atoms with Gasteiger partial charge in [0, 0.05) is 37.2 Å². The summed E-state index contributed by atoms with van der Waals surface area (Å²) in [6, 6.07) is 8.31. The molecule has 1 heterocycles. The van der Waals surface area contributed by atoms with Crippen molar-refractivity contribution in [3.8, 4) is 0 Å². The SMILES string of the molecule is O=C(NCCCN1CCNCC1)C1(c2ccc(Br)cc2)CCCC1. The largest absolute Gasteiger partial charge is 0.355 e. The summed E-state index contributed by atoms with van der Waals surface area (Å²) in [7, 11) is 0. The average Bonchev–Trinajstić information content (AvgIpc) is 3.11. The third-order valence-electron chi connectivity index (χ3n) is 5.43. The Bertz CT molecular complexity index is 534. The molecule has 1 aromatic carbocycles. The molecule has 4 nitrogen and oxygen atoms in total. The standard InChI is InChI=1S/C19H28BrN3O/c20-17-6-4-16(5-7-17)19(8-1-2-9-19)18(24)22-10-3-13-23-14-11-21-12-15-23/h4-7,21H,1-3,8-15H2,(H,22,24). The van der Waals surface area contributed by atoms with Crippen LogP contribution >= 0.6 is 15.9 Å². The summed E-state index contributed by atoms with van der Waals surface area (Å²) in [5.41, 5.74) is 0.859. The molecule has 0 bridgehead atoms. The summed E-state index contributed by atoms with van der Waals surface area (Å²) in [5, 5.41) is 6.60. The van der Waals surface area contributed by atoms with Gasteiger partial charge < -0.3 is 15.5 Å². The van der Waals surface area contributed by atoms with E-state index in [1.54, 1.807) is 0 Å². The van der Waals surface area contributed by atoms with Crippen LogP contribution in [0.5, 0.6) is 0 Å². The van der Waals surface area contributed by atoms with Crippen LogP contribution in [0.4, 0.5) is 0 Å². The van der Waals surface area contributed by atoms with Gasteiger partial charge in [-0.25, -0.2) is 0 Å². The van der Waals surface area contributed by atoms with Crippen LogP contribution in [0.25, 0.3) is 0 Å². The molecule has 24 heavy (non-hydrogen) atoms. The van der Waals surface area contributed by atoms with E-state index in [4.69, 9.17) is 0 Å². The van der Waals surface area contributed by atoms with Crippen molar-refractivity contribution < 1.29 is 4.79 Å². The number of amides is 1. The van der Waals surface area contributed by atoms with Gasteiger partial charge in [0.15, 0.2) is 0 Å². The summed E-state index contributed by atoms with van der Waals surface area (Å²) >= 11 is 3.49. The molecule has 0 atom stereocenters. The molecule has 0 spiro atoms. The van der Waals surface area contributed by atoms with Crippen molar-refractivity contribution in [2.75, 3.05) is 39.3 Å². The van der Waals surface area contributed by atoms with Gasteiger partial charge in [0.05, 0.1) is 5.41 Å². The fourth-order valence-corrected chi connectivity index (χ4v) is 4.27. The van der Waals surface area contributed by atoms with Crippen LogP contribution < -0.4 is 10.6 Å². The number of rotatable bonds is 6. The lowest BCUT2D eigenvalue weighted by atomic mass is 9.78. The Morgan fingerprint density at radius 2 is 1.83 bits per heavy atom. The van der Waals surface area contributed by atoms with Gasteiger partial charge in [0.2, 0.25) is 5.91 Å². The number of nitrogens with one attached hydrogen (secondary N) is 2. The lowest BCUT2D eigenvalue weighted by Crippen LogP contribution is -2.45. The Balaban J connectivity index is 1.54. The van der Waals surface area contributed by atoms with Gasteiger partial charge in [-0.1, -0.05) is 40.9 Å². The highest BCUT2D eigenvalue weighted by Gasteiger charge is 2.42. The topological polar surface area (TPSA) is 44.4 Å². The number of carbonyl (C=O) groups excluding carboxylic acids is 1. The quantitative estimate of drug-likeness (QED) is 0.730. The molecule has 2 N–H and O–H groups in total. The highest BCUT2D eigenvalue weighted by Crippen LogP contribution is 2.41. The zero-order chi connectivity index (χ0) is 16.8. The maximum absolute atomic E-state index is 13.0. The van der Waals surface area contributed by atoms with E-state index in [0.29, 0.717) is 0 Å². The molecule has 1 saturated heterocycles. The fourth-order valence-electron chi connectivity index (χ4n) is 4.00. The summed E-state index contributed by atoms with van der Waals surface area (Å²) in [6.45, 7) is 6.26. The van der Waals surface area contributed by atoms with Crippen molar-refractivity contribution in [2.45, 2.75) is 37.5 Å². The van der Waals surface area contributed by atoms with E-state index in [2.05, 4.69) is 43.6 Å². The van der Waals surface area contributed by atoms with Gasteiger partial charge in [-0.2, -0.15) is 0 Å². The lowest BCUT2D eigenvalue weighted by molar-refractivity contribution is -0.126. The van der Waals surface area contributed by atoms with E-state index < -0.39 is 0 Å². The van der Waals surface area contributed by atoms with Gasteiger partial charge in [0.25, 0.3) is 0 Å². The average molecular weight is 394 g/mol. The predicted octanol–water partition coefficient (Wildman–Crippen LogP) is 2.67. The monoisotopic (exact) mass is 393 g/mol. The van der Waals surface area contributed by atoms with E-state index in [9.17, 15) is 4.79 Å². The van der Waals surface area contributed by atoms with Crippen LogP contribution in [-0.2, 0) is 10.2 Å². The summed E-state index contributed by atoms with van der Waals surface area (Å²) < 4.78 is 1.07. The molecule has 132 valence electrons. The summed E-state index contributed by atoms with van der Waals surface area (Å²) in [4.78, 5) is 15.4. The normalized spacial score (nSPS) is 20.9. The van der Waals surface area contributed by atoms with Crippen molar-refractivity contribution in [3.63, 3.8) is 0 Å². The molecule has 1 saturated carbocycles. The zero-order valence-electron chi connectivity index (χ0n) is 14.3. The van der Waals surface area contributed by atoms with Gasteiger partial charge in [0.1, 0.15) is 0 Å². The summed E-state index contributed by atoms with van der Waals surface area (Å²) in [6.07, 6.45) is 5.26. The van der Waals surface area contributed by atoms with Crippen LogP contribution in [-0.4, -0.2) is 50.1 Å². The first-order valence-corrected chi connectivity index (χ1v) is 9.97.